The van der Waals surface area contributed by atoms with Gasteiger partial charge in [-0.3, -0.25) is 0 Å². The Balaban J connectivity index is 1.89. The lowest BCUT2D eigenvalue weighted by Gasteiger charge is -2.35. The van der Waals surface area contributed by atoms with Crippen LogP contribution in [0.25, 0.3) is 0 Å². The van der Waals surface area contributed by atoms with E-state index in [2.05, 4.69) is 173 Å². The van der Waals surface area contributed by atoms with Gasteiger partial charge in [0.15, 0.2) is 0 Å². The number of allylic oxidation sites excluding steroid dienone is 23. The summed E-state index contributed by atoms with van der Waals surface area (Å²) in [6, 6.07) is 0. The lowest BCUT2D eigenvalue weighted by molar-refractivity contribution is 0.116. The maximum absolute atomic E-state index is 10.1. The third-order valence-corrected chi connectivity index (χ3v) is 7.98. The molecule has 2 atom stereocenters. The summed E-state index contributed by atoms with van der Waals surface area (Å²) in [4.78, 5) is 0. The van der Waals surface area contributed by atoms with Crippen molar-refractivity contribution in [2.75, 3.05) is 0 Å². The minimum Gasteiger partial charge on any atom is -0.393 e. The van der Waals surface area contributed by atoms with E-state index < -0.39 is 0 Å². The molecule has 41 heavy (non-hydrogen) atoms. The fourth-order valence-electron chi connectivity index (χ4n) is 5.62. The number of aliphatic hydroxyl groups is 1. The highest BCUT2D eigenvalue weighted by atomic mass is 16.3. The summed E-state index contributed by atoms with van der Waals surface area (Å²) < 4.78 is 0. The van der Waals surface area contributed by atoms with Crippen LogP contribution >= 0.6 is 0 Å². The van der Waals surface area contributed by atoms with Crippen molar-refractivity contribution in [3.63, 3.8) is 0 Å². The molecular weight excluding hydrogens is 496 g/mol. The standard InChI is InChI=1S/C40H54O/c1-30(18-13-20-32(3)23-25-37-34(5)22-15-27-39(37,7)8)16-11-12-17-31(2)19-14-21-33(4)24-26-38-35(6)28-36(41)29-40(38,9)10/h11-27,36-37,41H,28-29H2,1-10H3. The molecule has 2 aliphatic rings. The first-order valence-electron chi connectivity index (χ1n) is 15.0. The zero-order valence-electron chi connectivity index (χ0n) is 27.3. The van der Waals surface area contributed by atoms with Crippen LogP contribution in [0.4, 0.5) is 0 Å². The average molecular weight is 551 g/mol. The Labute approximate surface area is 251 Å². The molecule has 0 fully saturated rings. The highest BCUT2D eigenvalue weighted by Crippen LogP contribution is 2.41. The van der Waals surface area contributed by atoms with E-state index in [1.54, 1.807) is 0 Å². The van der Waals surface area contributed by atoms with Crippen molar-refractivity contribution in [2.45, 2.75) is 88.2 Å². The van der Waals surface area contributed by atoms with Crippen LogP contribution < -0.4 is 0 Å². The maximum Gasteiger partial charge on any atom is 0.0585 e. The van der Waals surface area contributed by atoms with E-state index in [-0.39, 0.29) is 16.9 Å². The molecule has 0 aliphatic heterocycles. The predicted molar refractivity (Wildman–Crippen MR) is 183 cm³/mol. The van der Waals surface area contributed by atoms with Gasteiger partial charge in [-0.05, 0) is 70.8 Å². The third kappa shape index (κ3) is 11.7. The van der Waals surface area contributed by atoms with Crippen LogP contribution in [0.5, 0.6) is 0 Å². The summed E-state index contributed by atoms with van der Waals surface area (Å²) in [5.41, 5.74) is 9.09. The van der Waals surface area contributed by atoms with Crippen LogP contribution in [-0.2, 0) is 0 Å². The Hall–Kier alpha value is -3.16. The molecule has 2 aliphatic carbocycles. The Morgan fingerprint density at radius 1 is 0.756 bits per heavy atom. The second-order valence-corrected chi connectivity index (χ2v) is 13.1. The van der Waals surface area contributed by atoms with Gasteiger partial charge in [-0.2, -0.15) is 0 Å². The number of rotatable bonds is 10. The normalized spacial score (nSPS) is 24.7. The molecule has 2 rings (SSSR count). The van der Waals surface area contributed by atoms with Crippen molar-refractivity contribution in [3.05, 3.63) is 142 Å². The van der Waals surface area contributed by atoms with Gasteiger partial charge in [0.05, 0.1) is 6.10 Å². The SMILES string of the molecule is CC(C=CC=C(C)C=CC1=C(C)CC(O)CC1(C)C)=CC=CC=C(C)C=CC=C(C)C=CC1C(C)=CC=CC1(C)C. The smallest absolute Gasteiger partial charge is 0.0585 e. The van der Waals surface area contributed by atoms with Gasteiger partial charge in [0, 0.05) is 5.92 Å². The molecule has 0 radical (unpaired) electrons. The molecule has 220 valence electrons. The second kappa shape index (κ2) is 15.7. The zero-order chi connectivity index (χ0) is 30.6. The highest BCUT2D eigenvalue weighted by Gasteiger charge is 2.31. The summed E-state index contributed by atoms with van der Waals surface area (Å²) in [6.07, 6.45) is 38.3. The molecule has 0 saturated heterocycles. The molecule has 0 heterocycles. The van der Waals surface area contributed by atoms with Crippen molar-refractivity contribution in [1.29, 1.82) is 0 Å². The lowest BCUT2D eigenvalue weighted by Crippen LogP contribution is -2.28. The van der Waals surface area contributed by atoms with E-state index >= 15 is 0 Å². The Morgan fingerprint density at radius 3 is 1.80 bits per heavy atom. The monoisotopic (exact) mass is 550 g/mol. The van der Waals surface area contributed by atoms with Gasteiger partial charge in [0.25, 0.3) is 0 Å². The van der Waals surface area contributed by atoms with E-state index in [1.165, 1.54) is 39.0 Å². The van der Waals surface area contributed by atoms with Crippen molar-refractivity contribution in [3.8, 4) is 0 Å². The molecule has 0 aromatic heterocycles. The van der Waals surface area contributed by atoms with Crippen LogP contribution in [0.1, 0.15) is 82.1 Å². The molecule has 1 nitrogen and oxygen atoms in total. The fraction of sp³-hybridized carbons (Fsp3) is 0.400. The quantitative estimate of drug-likeness (QED) is 0.268. The number of hydrogen-bond acceptors (Lipinski definition) is 1. The van der Waals surface area contributed by atoms with Crippen molar-refractivity contribution in [1.82, 2.24) is 0 Å². The topological polar surface area (TPSA) is 20.2 Å². The lowest BCUT2D eigenvalue weighted by atomic mass is 9.71. The van der Waals surface area contributed by atoms with Crippen LogP contribution in [0, 0.1) is 16.7 Å². The van der Waals surface area contributed by atoms with E-state index in [9.17, 15) is 5.11 Å². The van der Waals surface area contributed by atoms with Gasteiger partial charge in [-0.1, -0.05) is 164 Å². The van der Waals surface area contributed by atoms with E-state index in [4.69, 9.17) is 0 Å². The van der Waals surface area contributed by atoms with Crippen LogP contribution in [0.15, 0.2) is 142 Å². The second-order valence-electron chi connectivity index (χ2n) is 13.1. The molecule has 0 saturated carbocycles. The van der Waals surface area contributed by atoms with Crippen molar-refractivity contribution < 1.29 is 5.11 Å². The molecule has 2 unspecified atom stereocenters. The Morgan fingerprint density at radius 2 is 1.27 bits per heavy atom. The fourth-order valence-corrected chi connectivity index (χ4v) is 5.62. The van der Waals surface area contributed by atoms with Crippen LogP contribution in [0.2, 0.25) is 0 Å². The first-order chi connectivity index (χ1) is 19.2. The maximum atomic E-state index is 10.1. The van der Waals surface area contributed by atoms with E-state index in [0.29, 0.717) is 5.92 Å². The summed E-state index contributed by atoms with van der Waals surface area (Å²) in [5.74, 6) is 0.438. The zero-order valence-corrected chi connectivity index (χ0v) is 27.3. The van der Waals surface area contributed by atoms with Crippen LogP contribution in [0.3, 0.4) is 0 Å². The molecule has 1 heteroatoms. The third-order valence-electron chi connectivity index (χ3n) is 7.98. The Bertz CT molecular complexity index is 1280. The molecule has 0 bridgehead atoms. The molecular formula is C40H54O. The van der Waals surface area contributed by atoms with Gasteiger partial charge in [-0.25, -0.2) is 0 Å². The summed E-state index contributed by atoms with van der Waals surface area (Å²) in [5, 5.41) is 10.1. The minimum absolute atomic E-state index is 0.0108. The average Bonchev–Trinajstić information content (AvgIpc) is 2.84. The molecule has 1 N–H and O–H groups in total. The molecule has 0 aromatic carbocycles. The van der Waals surface area contributed by atoms with Crippen molar-refractivity contribution >= 4 is 0 Å². The summed E-state index contributed by atoms with van der Waals surface area (Å²) >= 11 is 0. The van der Waals surface area contributed by atoms with E-state index in [0.717, 1.165) is 12.8 Å². The summed E-state index contributed by atoms with van der Waals surface area (Å²) in [6.45, 7) is 21.9. The minimum atomic E-state index is -0.222. The molecule has 0 aromatic rings. The largest absolute Gasteiger partial charge is 0.393 e. The van der Waals surface area contributed by atoms with Crippen molar-refractivity contribution in [2.24, 2.45) is 16.7 Å². The Kier molecular flexibility index (Phi) is 13.1. The van der Waals surface area contributed by atoms with Crippen LogP contribution in [-0.4, -0.2) is 11.2 Å². The number of aliphatic hydroxyl groups excluding tert-OH is 1. The summed E-state index contributed by atoms with van der Waals surface area (Å²) in [7, 11) is 0. The number of hydrogen-bond donors (Lipinski definition) is 1. The van der Waals surface area contributed by atoms with Gasteiger partial charge < -0.3 is 5.11 Å². The first kappa shape index (κ1) is 34.0. The molecule has 0 spiro atoms. The van der Waals surface area contributed by atoms with Gasteiger partial charge in [-0.15, -0.1) is 0 Å². The van der Waals surface area contributed by atoms with E-state index in [1.807, 2.05) is 0 Å². The first-order valence-corrected chi connectivity index (χ1v) is 15.0. The predicted octanol–water partition coefficient (Wildman–Crippen LogP) is 11.2. The van der Waals surface area contributed by atoms with Gasteiger partial charge in [0.1, 0.15) is 0 Å². The van der Waals surface area contributed by atoms with Gasteiger partial charge >= 0.3 is 0 Å². The highest BCUT2D eigenvalue weighted by molar-refractivity contribution is 5.38. The van der Waals surface area contributed by atoms with Gasteiger partial charge in [0.2, 0.25) is 0 Å². The molecule has 0 amide bonds.